The second-order valence-corrected chi connectivity index (χ2v) is 6.67. The first-order valence-electron chi connectivity index (χ1n) is 8.17. The van der Waals surface area contributed by atoms with E-state index in [1.807, 2.05) is 45.9 Å². The van der Waals surface area contributed by atoms with Crippen LogP contribution in [0.25, 0.3) is 11.4 Å². The highest BCUT2D eigenvalue weighted by molar-refractivity contribution is 5.82. The summed E-state index contributed by atoms with van der Waals surface area (Å²) in [6.45, 7) is 7.60. The van der Waals surface area contributed by atoms with Gasteiger partial charge in [-0.3, -0.25) is 4.79 Å². The monoisotopic (exact) mass is 359 g/mol. The maximum Gasteiger partial charge on any atom is 0.241 e. The highest BCUT2D eigenvalue weighted by Gasteiger charge is 2.29. The zero-order valence-electron chi connectivity index (χ0n) is 16.3. The largest absolute Gasteiger partial charge is 0.496 e. The SMILES string of the molecule is COc1cccc(OC)c1-c1nc(C)c(N(C=O)C(C)(C)C)c(OC)n1. The van der Waals surface area contributed by atoms with Gasteiger partial charge in [-0.25, -0.2) is 4.98 Å². The van der Waals surface area contributed by atoms with Gasteiger partial charge >= 0.3 is 0 Å². The van der Waals surface area contributed by atoms with Crippen molar-refractivity contribution in [3.05, 3.63) is 23.9 Å². The molecule has 1 amide bonds. The van der Waals surface area contributed by atoms with Gasteiger partial charge in [0.2, 0.25) is 12.3 Å². The highest BCUT2D eigenvalue weighted by atomic mass is 16.5. The Morgan fingerprint density at radius 3 is 2.00 bits per heavy atom. The average Bonchev–Trinajstić information content (AvgIpc) is 2.61. The molecule has 1 aromatic heterocycles. The molecule has 7 nitrogen and oxygen atoms in total. The Kier molecular flexibility index (Phi) is 5.69. The Labute approximate surface area is 153 Å². The number of anilines is 1. The van der Waals surface area contributed by atoms with Gasteiger partial charge in [-0.05, 0) is 39.8 Å². The van der Waals surface area contributed by atoms with Gasteiger partial charge in [-0.2, -0.15) is 4.98 Å². The molecule has 2 rings (SSSR count). The normalized spacial score (nSPS) is 11.0. The van der Waals surface area contributed by atoms with Gasteiger partial charge in [0.15, 0.2) is 5.82 Å². The molecule has 140 valence electrons. The molecule has 2 aromatic rings. The lowest BCUT2D eigenvalue weighted by molar-refractivity contribution is -0.108. The van der Waals surface area contributed by atoms with Crippen LogP contribution >= 0.6 is 0 Å². The third-order valence-corrected chi connectivity index (χ3v) is 3.94. The fourth-order valence-corrected chi connectivity index (χ4v) is 2.69. The van der Waals surface area contributed by atoms with Gasteiger partial charge in [0, 0.05) is 5.54 Å². The third kappa shape index (κ3) is 3.56. The molecule has 1 heterocycles. The van der Waals surface area contributed by atoms with Gasteiger partial charge in [0.25, 0.3) is 0 Å². The number of benzene rings is 1. The van der Waals surface area contributed by atoms with Crippen LogP contribution in [0.4, 0.5) is 5.69 Å². The standard InChI is InChI=1S/C19H25N3O4/c1-12-16(22(11-23)19(2,3)4)18(26-7)21-17(20-12)15-13(24-5)9-8-10-14(15)25-6/h8-11H,1-7H3. The van der Waals surface area contributed by atoms with E-state index in [0.29, 0.717) is 40.1 Å². The number of rotatable bonds is 6. The van der Waals surface area contributed by atoms with E-state index in [4.69, 9.17) is 14.2 Å². The van der Waals surface area contributed by atoms with Crippen LogP contribution in [0, 0.1) is 6.92 Å². The van der Waals surface area contributed by atoms with E-state index < -0.39 is 5.54 Å². The fourth-order valence-electron chi connectivity index (χ4n) is 2.69. The van der Waals surface area contributed by atoms with Crippen molar-refractivity contribution >= 4 is 12.1 Å². The lowest BCUT2D eigenvalue weighted by atomic mass is 10.1. The number of amides is 1. The van der Waals surface area contributed by atoms with Crippen LogP contribution in [-0.4, -0.2) is 43.2 Å². The fraction of sp³-hybridized carbons (Fsp3) is 0.421. The van der Waals surface area contributed by atoms with Crippen molar-refractivity contribution in [2.24, 2.45) is 0 Å². The predicted molar refractivity (Wildman–Crippen MR) is 100 cm³/mol. The summed E-state index contributed by atoms with van der Waals surface area (Å²) in [5.74, 6) is 1.88. The van der Waals surface area contributed by atoms with Crippen LogP contribution in [0.3, 0.4) is 0 Å². The van der Waals surface area contributed by atoms with Crippen LogP contribution in [0.5, 0.6) is 17.4 Å². The molecule has 1 aromatic carbocycles. The number of carbonyl (C=O) groups excluding carboxylic acids is 1. The Balaban J connectivity index is 2.74. The summed E-state index contributed by atoms with van der Waals surface area (Å²) in [5.41, 5.74) is 1.32. The van der Waals surface area contributed by atoms with Crippen LogP contribution in [0.1, 0.15) is 26.5 Å². The van der Waals surface area contributed by atoms with Crippen molar-refractivity contribution in [3.8, 4) is 28.8 Å². The van der Waals surface area contributed by atoms with E-state index in [-0.39, 0.29) is 0 Å². The summed E-state index contributed by atoms with van der Waals surface area (Å²) in [6.07, 6.45) is 0.761. The second kappa shape index (κ2) is 7.59. The molecule has 26 heavy (non-hydrogen) atoms. The Morgan fingerprint density at radius 2 is 1.58 bits per heavy atom. The molecule has 0 aliphatic rings. The molecule has 0 aliphatic heterocycles. The molecule has 0 saturated heterocycles. The minimum absolute atomic E-state index is 0.308. The summed E-state index contributed by atoms with van der Waals surface area (Å²) >= 11 is 0. The summed E-state index contributed by atoms with van der Waals surface area (Å²) in [6, 6.07) is 5.45. The van der Waals surface area contributed by atoms with Crippen molar-refractivity contribution < 1.29 is 19.0 Å². The van der Waals surface area contributed by atoms with Crippen molar-refractivity contribution in [1.82, 2.24) is 9.97 Å². The molecule has 0 atom stereocenters. The minimum Gasteiger partial charge on any atom is -0.496 e. The Bertz CT molecular complexity index is 778. The van der Waals surface area contributed by atoms with Gasteiger partial charge in [-0.1, -0.05) is 6.07 Å². The number of methoxy groups -OCH3 is 3. The van der Waals surface area contributed by atoms with Crippen molar-refractivity contribution in [1.29, 1.82) is 0 Å². The molecular weight excluding hydrogens is 334 g/mol. The Hall–Kier alpha value is -2.83. The lowest BCUT2D eigenvalue weighted by Gasteiger charge is -2.33. The molecule has 7 heteroatoms. The molecule has 0 unspecified atom stereocenters. The average molecular weight is 359 g/mol. The second-order valence-electron chi connectivity index (χ2n) is 6.67. The molecule has 0 bridgehead atoms. The molecule has 0 spiro atoms. The van der Waals surface area contributed by atoms with Crippen LogP contribution in [0.2, 0.25) is 0 Å². The van der Waals surface area contributed by atoms with E-state index in [0.717, 1.165) is 6.41 Å². The number of aryl methyl sites for hydroxylation is 1. The first-order chi connectivity index (χ1) is 12.3. The molecule has 0 radical (unpaired) electrons. The van der Waals surface area contributed by atoms with Crippen LogP contribution in [-0.2, 0) is 4.79 Å². The minimum atomic E-state index is -0.452. The van der Waals surface area contributed by atoms with E-state index >= 15 is 0 Å². The summed E-state index contributed by atoms with van der Waals surface area (Å²) < 4.78 is 16.4. The van der Waals surface area contributed by atoms with Gasteiger partial charge in [0.1, 0.15) is 22.7 Å². The number of hydrogen-bond acceptors (Lipinski definition) is 6. The van der Waals surface area contributed by atoms with E-state index in [9.17, 15) is 4.79 Å². The number of ether oxygens (including phenoxy) is 3. The van der Waals surface area contributed by atoms with Crippen LogP contribution < -0.4 is 19.1 Å². The first-order valence-corrected chi connectivity index (χ1v) is 8.17. The van der Waals surface area contributed by atoms with E-state index in [1.165, 1.54) is 7.11 Å². The zero-order chi connectivity index (χ0) is 19.5. The smallest absolute Gasteiger partial charge is 0.241 e. The number of aromatic nitrogens is 2. The number of carbonyl (C=O) groups is 1. The molecule has 0 fully saturated rings. The predicted octanol–water partition coefficient (Wildman–Crippen LogP) is 3.24. The van der Waals surface area contributed by atoms with E-state index in [1.54, 1.807) is 19.1 Å². The van der Waals surface area contributed by atoms with E-state index in [2.05, 4.69) is 9.97 Å². The van der Waals surface area contributed by atoms with Crippen LogP contribution in [0.15, 0.2) is 18.2 Å². The summed E-state index contributed by atoms with van der Waals surface area (Å²) in [5, 5.41) is 0. The third-order valence-electron chi connectivity index (χ3n) is 3.94. The maximum atomic E-state index is 11.7. The number of hydrogen-bond donors (Lipinski definition) is 0. The highest BCUT2D eigenvalue weighted by Crippen LogP contribution is 2.40. The molecule has 0 saturated carbocycles. The number of nitrogens with zero attached hydrogens (tertiary/aromatic N) is 3. The van der Waals surface area contributed by atoms with Gasteiger partial charge < -0.3 is 19.1 Å². The quantitative estimate of drug-likeness (QED) is 0.737. The molecular formula is C19H25N3O4. The first kappa shape index (κ1) is 19.5. The zero-order valence-corrected chi connectivity index (χ0v) is 16.3. The molecule has 0 aliphatic carbocycles. The maximum absolute atomic E-state index is 11.7. The summed E-state index contributed by atoms with van der Waals surface area (Å²) in [7, 11) is 4.66. The van der Waals surface area contributed by atoms with Crippen molar-refractivity contribution in [2.75, 3.05) is 26.2 Å². The Morgan fingerprint density at radius 1 is 1.00 bits per heavy atom. The lowest BCUT2D eigenvalue weighted by Crippen LogP contribution is -2.41. The van der Waals surface area contributed by atoms with Crippen molar-refractivity contribution in [2.45, 2.75) is 33.2 Å². The molecule has 0 N–H and O–H groups in total. The summed E-state index contributed by atoms with van der Waals surface area (Å²) in [4.78, 5) is 22.4. The van der Waals surface area contributed by atoms with Crippen molar-refractivity contribution in [3.63, 3.8) is 0 Å². The van der Waals surface area contributed by atoms with Gasteiger partial charge in [0.05, 0.1) is 27.0 Å². The van der Waals surface area contributed by atoms with Gasteiger partial charge in [-0.15, -0.1) is 0 Å². The topological polar surface area (TPSA) is 73.8 Å².